The van der Waals surface area contributed by atoms with Crippen molar-refractivity contribution in [3.8, 4) is 0 Å². The van der Waals surface area contributed by atoms with Gasteiger partial charge < -0.3 is 40.9 Å². The number of carboxylic acids is 3. The number of hydrogen-bond acceptors (Lipinski definition) is 8. The summed E-state index contributed by atoms with van der Waals surface area (Å²) in [4.78, 5) is 28.8. The van der Waals surface area contributed by atoms with Gasteiger partial charge in [0.15, 0.2) is 0 Å². The second-order valence-corrected chi connectivity index (χ2v) is 7.45. The highest BCUT2D eigenvalue weighted by Crippen LogP contribution is 2.18. The van der Waals surface area contributed by atoms with E-state index in [0.29, 0.717) is 6.42 Å². The third-order valence-electron chi connectivity index (χ3n) is 3.92. The summed E-state index contributed by atoms with van der Waals surface area (Å²) in [5, 5.41) is 66.2. The minimum atomic E-state index is -0.935. The topological polar surface area (TPSA) is 213 Å². The van der Waals surface area contributed by atoms with Crippen LogP contribution in [0.3, 0.4) is 0 Å². The van der Waals surface area contributed by atoms with Gasteiger partial charge in [-0.05, 0) is 40.0 Å². The first kappa shape index (κ1) is 42.6. The lowest BCUT2D eigenvalue weighted by molar-refractivity contribution is -0.133. The van der Waals surface area contributed by atoms with Crippen molar-refractivity contribution in [3.63, 3.8) is 0 Å². The van der Waals surface area contributed by atoms with Crippen molar-refractivity contribution < 1.29 is 55.2 Å². The molecule has 0 aromatic rings. The fourth-order valence-corrected chi connectivity index (χ4v) is 1.06. The Bertz CT molecular complexity index is 478. The SMILES string of the molecule is C=C(C)C(=O)O.C=C(C)C(=O)O.C=C(C)C(=O)O.CCC(CO)(CO)CO.OCCCCCCO. The Morgan fingerprint density at radius 2 is 0.771 bits per heavy atom. The summed E-state index contributed by atoms with van der Waals surface area (Å²) < 4.78 is 0. The van der Waals surface area contributed by atoms with Crippen LogP contribution < -0.4 is 0 Å². The summed E-state index contributed by atoms with van der Waals surface area (Å²) in [6, 6.07) is 0. The van der Waals surface area contributed by atoms with E-state index in [1.807, 2.05) is 6.92 Å². The summed E-state index contributed by atoms with van der Waals surface area (Å²) >= 11 is 0. The van der Waals surface area contributed by atoms with Gasteiger partial charge in [0.25, 0.3) is 0 Å². The molecule has 0 aromatic heterocycles. The Balaban J connectivity index is -0.000000108. The van der Waals surface area contributed by atoms with Crippen LogP contribution in [0.25, 0.3) is 0 Å². The molecular weight excluding hydrogens is 464 g/mol. The van der Waals surface area contributed by atoms with Gasteiger partial charge in [0.05, 0.1) is 19.8 Å². The monoisotopic (exact) mass is 510 g/mol. The quantitative estimate of drug-likeness (QED) is 0.140. The molecule has 35 heavy (non-hydrogen) atoms. The molecular formula is C24H46O11. The number of rotatable bonds is 12. The van der Waals surface area contributed by atoms with Crippen LogP contribution in [0.15, 0.2) is 36.5 Å². The van der Waals surface area contributed by atoms with Gasteiger partial charge in [-0.3, -0.25) is 0 Å². The van der Waals surface area contributed by atoms with Crippen molar-refractivity contribution in [1.29, 1.82) is 0 Å². The van der Waals surface area contributed by atoms with Gasteiger partial charge in [-0.15, -0.1) is 0 Å². The third-order valence-corrected chi connectivity index (χ3v) is 3.92. The van der Waals surface area contributed by atoms with Gasteiger partial charge >= 0.3 is 17.9 Å². The molecule has 0 aliphatic rings. The van der Waals surface area contributed by atoms with Crippen LogP contribution >= 0.6 is 0 Å². The zero-order valence-electron chi connectivity index (χ0n) is 21.5. The van der Waals surface area contributed by atoms with E-state index in [-0.39, 0.29) is 49.8 Å². The Hall–Kier alpha value is -2.57. The third kappa shape index (κ3) is 39.0. The van der Waals surface area contributed by atoms with E-state index in [4.69, 9.17) is 40.9 Å². The van der Waals surface area contributed by atoms with E-state index < -0.39 is 23.3 Å². The molecule has 0 unspecified atom stereocenters. The van der Waals surface area contributed by atoms with Crippen molar-refractivity contribution in [3.05, 3.63) is 36.5 Å². The Labute approximate surface area is 208 Å². The predicted molar refractivity (Wildman–Crippen MR) is 134 cm³/mol. The molecule has 0 aliphatic carbocycles. The smallest absolute Gasteiger partial charge is 0.330 e. The first-order valence-electron chi connectivity index (χ1n) is 10.8. The molecule has 0 radical (unpaired) electrons. The number of carboxylic acid groups (broad SMARTS) is 3. The summed E-state index contributed by atoms with van der Waals surface area (Å²) in [5.41, 5.74) is -0.139. The second-order valence-electron chi connectivity index (χ2n) is 7.45. The standard InChI is InChI=1S/C6H14O3.C6H14O2.3C4H6O2/c1-2-6(3-7,4-8)5-9;7-5-3-1-2-4-6-8;3*1-3(2)4(5)6/h7-9H,2-5H2,1H3;7-8H,1-6H2;3*1H2,2H3,(H,5,6). The molecule has 0 rings (SSSR count). The number of hydrogen-bond donors (Lipinski definition) is 8. The van der Waals surface area contributed by atoms with E-state index in [1.54, 1.807) is 0 Å². The number of aliphatic carboxylic acids is 3. The van der Waals surface area contributed by atoms with Gasteiger partial charge in [0, 0.05) is 35.3 Å². The summed E-state index contributed by atoms with van der Waals surface area (Å²) in [6.45, 7) is 15.7. The fraction of sp³-hybridized carbons (Fsp3) is 0.625. The van der Waals surface area contributed by atoms with Crippen molar-refractivity contribution in [2.24, 2.45) is 5.41 Å². The Morgan fingerprint density at radius 3 is 0.829 bits per heavy atom. The molecule has 0 heterocycles. The van der Waals surface area contributed by atoms with Crippen molar-refractivity contribution >= 4 is 17.9 Å². The van der Waals surface area contributed by atoms with Gasteiger partial charge in [0.2, 0.25) is 0 Å². The number of unbranched alkanes of at least 4 members (excludes halogenated alkanes) is 3. The maximum absolute atomic E-state index is 9.60. The molecule has 11 heteroatoms. The van der Waals surface area contributed by atoms with Crippen LogP contribution in [0.1, 0.15) is 59.8 Å². The molecule has 0 spiro atoms. The molecule has 0 amide bonds. The average molecular weight is 511 g/mol. The normalized spacial score (nSPS) is 9.17. The van der Waals surface area contributed by atoms with E-state index >= 15 is 0 Å². The molecule has 0 bridgehead atoms. The van der Waals surface area contributed by atoms with E-state index in [9.17, 15) is 14.4 Å². The first-order chi connectivity index (χ1) is 16.1. The van der Waals surface area contributed by atoms with Crippen LogP contribution in [0, 0.1) is 5.41 Å². The highest BCUT2D eigenvalue weighted by molar-refractivity contribution is 5.85. The zero-order valence-corrected chi connectivity index (χ0v) is 21.5. The molecule has 11 nitrogen and oxygen atoms in total. The van der Waals surface area contributed by atoms with Crippen molar-refractivity contribution in [1.82, 2.24) is 0 Å². The Kier molecular flexibility index (Phi) is 35.8. The maximum Gasteiger partial charge on any atom is 0.330 e. The summed E-state index contributed by atoms with van der Waals surface area (Å²) in [5.74, 6) is -2.81. The number of carbonyl (C=O) groups is 3. The minimum Gasteiger partial charge on any atom is -0.478 e. The minimum absolute atomic E-state index is 0.156. The van der Waals surface area contributed by atoms with E-state index in [0.717, 1.165) is 25.7 Å². The molecule has 8 N–H and O–H groups in total. The average Bonchev–Trinajstić information content (AvgIpc) is 2.80. The number of aliphatic hydroxyl groups is 5. The molecule has 0 aromatic carbocycles. The molecule has 0 aliphatic heterocycles. The molecule has 0 saturated heterocycles. The molecule has 0 atom stereocenters. The maximum atomic E-state index is 9.60. The molecule has 0 saturated carbocycles. The van der Waals surface area contributed by atoms with Crippen molar-refractivity contribution in [2.45, 2.75) is 59.8 Å². The number of aliphatic hydroxyl groups excluding tert-OH is 5. The van der Waals surface area contributed by atoms with Crippen LogP contribution in [0.5, 0.6) is 0 Å². The molecule has 0 fully saturated rings. The largest absolute Gasteiger partial charge is 0.478 e. The molecule has 208 valence electrons. The van der Waals surface area contributed by atoms with Gasteiger partial charge in [-0.2, -0.15) is 0 Å². The highest BCUT2D eigenvalue weighted by atomic mass is 16.4. The van der Waals surface area contributed by atoms with Crippen LogP contribution in [0.4, 0.5) is 0 Å². The second kappa shape index (κ2) is 29.5. The van der Waals surface area contributed by atoms with Crippen molar-refractivity contribution in [2.75, 3.05) is 33.0 Å². The zero-order chi connectivity index (χ0) is 29.0. The van der Waals surface area contributed by atoms with Crippen LogP contribution in [0.2, 0.25) is 0 Å². The Morgan fingerprint density at radius 1 is 0.571 bits per heavy atom. The first-order valence-corrected chi connectivity index (χ1v) is 10.8. The van der Waals surface area contributed by atoms with Gasteiger partial charge in [-0.25, -0.2) is 14.4 Å². The van der Waals surface area contributed by atoms with Crippen LogP contribution in [-0.4, -0.2) is 91.8 Å². The highest BCUT2D eigenvalue weighted by Gasteiger charge is 2.24. The van der Waals surface area contributed by atoms with E-state index in [1.165, 1.54) is 20.8 Å². The summed E-state index contributed by atoms with van der Waals surface area (Å²) in [6.07, 6.45) is 4.42. The fourth-order valence-electron chi connectivity index (χ4n) is 1.06. The van der Waals surface area contributed by atoms with Crippen LogP contribution in [-0.2, 0) is 14.4 Å². The lowest BCUT2D eigenvalue weighted by Gasteiger charge is -2.24. The van der Waals surface area contributed by atoms with E-state index in [2.05, 4.69) is 19.7 Å². The predicted octanol–water partition coefficient (Wildman–Crippen LogP) is 1.83. The summed E-state index contributed by atoms with van der Waals surface area (Å²) in [7, 11) is 0. The van der Waals surface area contributed by atoms with Gasteiger partial charge in [0.1, 0.15) is 0 Å². The lowest BCUT2D eigenvalue weighted by atomic mass is 9.88. The lowest BCUT2D eigenvalue weighted by Crippen LogP contribution is -2.32. The van der Waals surface area contributed by atoms with Gasteiger partial charge in [-0.1, -0.05) is 39.5 Å².